The fourth-order valence-corrected chi connectivity index (χ4v) is 1.80. The van der Waals surface area contributed by atoms with Crippen molar-refractivity contribution < 1.29 is 4.79 Å². The summed E-state index contributed by atoms with van der Waals surface area (Å²) in [4.78, 5) is 14.6. The van der Waals surface area contributed by atoms with E-state index in [-0.39, 0.29) is 5.75 Å². The molecule has 8 heteroatoms. The number of thioether (sulfide) groups is 1. The molecule has 2 heterocycles. The van der Waals surface area contributed by atoms with Crippen molar-refractivity contribution in [2.24, 2.45) is 5.73 Å². The van der Waals surface area contributed by atoms with Crippen LogP contribution >= 0.6 is 11.8 Å². The molecule has 1 amide bonds. The fraction of sp³-hybridized carbons (Fsp3) is 0.111. The lowest BCUT2D eigenvalue weighted by Gasteiger charge is -2.02. The largest absolute Gasteiger partial charge is 0.369 e. The van der Waals surface area contributed by atoms with Crippen molar-refractivity contribution in [3.63, 3.8) is 0 Å². The van der Waals surface area contributed by atoms with E-state index in [1.165, 1.54) is 4.68 Å². The summed E-state index contributed by atoms with van der Waals surface area (Å²) in [5.41, 5.74) is 5.85. The average molecular weight is 250 g/mol. The lowest BCUT2D eigenvalue weighted by atomic mass is 10.2. The van der Waals surface area contributed by atoms with Gasteiger partial charge in [-0.3, -0.25) is 9.78 Å². The van der Waals surface area contributed by atoms with Crippen LogP contribution in [0.2, 0.25) is 0 Å². The molecule has 0 fully saturated rings. The quantitative estimate of drug-likeness (QED) is 0.565. The van der Waals surface area contributed by atoms with Crippen LogP contribution in [0.1, 0.15) is 0 Å². The van der Waals surface area contributed by atoms with Crippen LogP contribution in [-0.4, -0.2) is 31.5 Å². The molecular formula is C9H10N6OS. The summed E-state index contributed by atoms with van der Waals surface area (Å²) in [6.07, 6.45) is 3.28. The zero-order valence-corrected chi connectivity index (χ0v) is 9.59. The molecule has 88 valence electrons. The van der Waals surface area contributed by atoms with Gasteiger partial charge < -0.3 is 11.6 Å². The van der Waals surface area contributed by atoms with Gasteiger partial charge in [-0.25, -0.2) is 4.68 Å². The van der Waals surface area contributed by atoms with Crippen molar-refractivity contribution in [2.75, 3.05) is 11.6 Å². The molecule has 2 aromatic heterocycles. The third kappa shape index (κ3) is 2.53. The van der Waals surface area contributed by atoms with E-state index >= 15 is 0 Å². The van der Waals surface area contributed by atoms with Crippen LogP contribution in [0.3, 0.4) is 0 Å². The summed E-state index contributed by atoms with van der Waals surface area (Å²) in [6, 6.07) is 3.55. The smallest absolute Gasteiger partial charge is 0.227 e. The van der Waals surface area contributed by atoms with Crippen LogP contribution in [0, 0.1) is 0 Å². The van der Waals surface area contributed by atoms with Gasteiger partial charge >= 0.3 is 0 Å². The molecule has 0 radical (unpaired) electrons. The normalized spacial score (nSPS) is 10.4. The first-order chi connectivity index (χ1) is 8.18. The van der Waals surface area contributed by atoms with E-state index < -0.39 is 5.91 Å². The highest BCUT2D eigenvalue weighted by Crippen LogP contribution is 2.20. The Balaban J connectivity index is 2.24. The maximum atomic E-state index is 10.7. The second-order valence-electron chi connectivity index (χ2n) is 3.17. The number of primary amides is 1. The minimum Gasteiger partial charge on any atom is -0.369 e. The Bertz CT molecular complexity index is 526. The van der Waals surface area contributed by atoms with Gasteiger partial charge in [0.25, 0.3) is 0 Å². The van der Waals surface area contributed by atoms with Crippen LogP contribution in [-0.2, 0) is 4.79 Å². The van der Waals surface area contributed by atoms with Gasteiger partial charge in [-0.05, 0) is 12.1 Å². The van der Waals surface area contributed by atoms with Crippen molar-refractivity contribution in [3.8, 4) is 11.4 Å². The van der Waals surface area contributed by atoms with Crippen molar-refractivity contribution in [1.82, 2.24) is 19.9 Å². The third-order valence-corrected chi connectivity index (χ3v) is 2.91. The maximum absolute atomic E-state index is 10.7. The monoisotopic (exact) mass is 250 g/mol. The first-order valence-corrected chi connectivity index (χ1v) is 5.69. The summed E-state index contributed by atoms with van der Waals surface area (Å²) >= 11 is 1.14. The van der Waals surface area contributed by atoms with Gasteiger partial charge in [0.1, 0.15) is 0 Å². The third-order valence-electron chi connectivity index (χ3n) is 1.95. The molecule has 0 aliphatic rings. The van der Waals surface area contributed by atoms with Crippen LogP contribution < -0.4 is 11.6 Å². The highest BCUT2D eigenvalue weighted by atomic mass is 32.2. The van der Waals surface area contributed by atoms with Crippen LogP contribution in [0.4, 0.5) is 0 Å². The van der Waals surface area contributed by atoms with Gasteiger partial charge in [-0.2, -0.15) is 0 Å². The minimum absolute atomic E-state index is 0.117. The van der Waals surface area contributed by atoms with Crippen LogP contribution in [0.5, 0.6) is 0 Å². The van der Waals surface area contributed by atoms with E-state index in [9.17, 15) is 4.79 Å². The molecule has 7 nitrogen and oxygen atoms in total. The molecule has 0 aliphatic heterocycles. The number of pyridine rings is 1. The first-order valence-electron chi connectivity index (χ1n) is 4.70. The number of aromatic nitrogens is 4. The molecule has 0 saturated heterocycles. The van der Waals surface area contributed by atoms with Crippen molar-refractivity contribution >= 4 is 17.7 Å². The zero-order valence-electron chi connectivity index (χ0n) is 8.78. The Labute approximate surface area is 101 Å². The molecule has 0 aliphatic carbocycles. The topological polar surface area (TPSA) is 113 Å². The van der Waals surface area contributed by atoms with Gasteiger partial charge in [-0.1, -0.05) is 11.8 Å². The summed E-state index contributed by atoms with van der Waals surface area (Å²) in [6.45, 7) is 0. The highest BCUT2D eigenvalue weighted by Gasteiger charge is 2.12. The number of hydrogen-bond donors (Lipinski definition) is 2. The van der Waals surface area contributed by atoms with Gasteiger partial charge in [0.05, 0.1) is 5.75 Å². The summed E-state index contributed by atoms with van der Waals surface area (Å²) in [7, 11) is 0. The Morgan fingerprint density at radius 3 is 2.71 bits per heavy atom. The first kappa shape index (κ1) is 11.4. The molecule has 2 aromatic rings. The molecule has 0 aromatic carbocycles. The summed E-state index contributed by atoms with van der Waals surface area (Å²) < 4.78 is 1.32. The molecule has 17 heavy (non-hydrogen) atoms. The Hall–Kier alpha value is -2.09. The van der Waals surface area contributed by atoms with Crippen molar-refractivity contribution in [3.05, 3.63) is 24.5 Å². The number of amides is 1. The predicted molar refractivity (Wildman–Crippen MR) is 63.3 cm³/mol. The number of rotatable bonds is 4. The fourth-order valence-electron chi connectivity index (χ4n) is 1.21. The Morgan fingerprint density at radius 1 is 1.35 bits per heavy atom. The molecule has 0 spiro atoms. The molecule has 0 atom stereocenters. The number of carbonyl (C=O) groups is 1. The van der Waals surface area contributed by atoms with Crippen LogP contribution in [0.15, 0.2) is 29.7 Å². The summed E-state index contributed by atoms with van der Waals surface area (Å²) in [5.74, 6) is 6.02. The van der Waals surface area contributed by atoms with E-state index in [2.05, 4.69) is 15.2 Å². The zero-order chi connectivity index (χ0) is 12.3. The second kappa shape index (κ2) is 4.83. The Kier molecular flexibility index (Phi) is 3.24. The van der Waals surface area contributed by atoms with Crippen LogP contribution in [0.25, 0.3) is 11.4 Å². The molecule has 0 saturated carbocycles. The number of nitrogen functional groups attached to an aromatic ring is 1. The molecule has 0 unspecified atom stereocenters. The average Bonchev–Trinajstić information content (AvgIpc) is 2.69. The number of nitrogens with zero attached hydrogens (tertiary/aromatic N) is 4. The minimum atomic E-state index is -0.427. The molecular weight excluding hydrogens is 240 g/mol. The maximum Gasteiger partial charge on any atom is 0.227 e. The highest BCUT2D eigenvalue weighted by molar-refractivity contribution is 7.99. The number of hydrogen-bond acceptors (Lipinski definition) is 6. The SMILES string of the molecule is NC(=O)CSc1nnc(-c2ccncc2)n1N. The van der Waals surface area contributed by atoms with Crippen molar-refractivity contribution in [2.45, 2.75) is 5.16 Å². The van der Waals surface area contributed by atoms with E-state index in [4.69, 9.17) is 11.6 Å². The van der Waals surface area contributed by atoms with E-state index in [0.717, 1.165) is 17.3 Å². The lowest BCUT2D eigenvalue weighted by Crippen LogP contribution is -2.16. The second-order valence-corrected chi connectivity index (χ2v) is 4.11. The van der Waals surface area contributed by atoms with Gasteiger partial charge in [0.15, 0.2) is 5.82 Å². The molecule has 2 rings (SSSR count). The van der Waals surface area contributed by atoms with E-state index in [1.54, 1.807) is 24.5 Å². The van der Waals surface area contributed by atoms with Gasteiger partial charge in [0.2, 0.25) is 11.1 Å². The standard InChI is InChI=1S/C9H10N6OS/c10-7(16)5-17-9-14-13-8(15(9)11)6-1-3-12-4-2-6/h1-4H,5,11H2,(H2,10,16). The number of nitrogens with two attached hydrogens (primary N) is 2. The molecule has 4 N–H and O–H groups in total. The lowest BCUT2D eigenvalue weighted by molar-refractivity contribution is -0.115. The van der Waals surface area contributed by atoms with E-state index in [0.29, 0.717) is 11.0 Å². The van der Waals surface area contributed by atoms with Gasteiger partial charge in [0, 0.05) is 18.0 Å². The molecule has 0 bridgehead atoms. The van der Waals surface area contributed by atoms with Crippen molar-refractivity contribution in [1.29, 1.82) is 0 Å². The number of carbonyl (C=O) groups excluding carboxylic acids is 1. The summed E-state index contributed by atoms with van der Waals surface area (Å²) in [5, 5.41) is 8.28. The van der Waals surface area contributed by atoms with E-state index in [1.807, 2.05) is 0 Å². The predicted octanol–water partition coefficient (Wildman–Crippen LogP) is -0.369. The Morgan fingerprint density at radius 2 is 2.06 bits per heavy atom. The van der Waals surface area contributed by atoms with Gasteiger partial charge in [-0.15, -0.1) is 10.2 Å².